The fraction of sp³-hybridized carbons (Fsp3) is 0.500. The third-order valence-corrected chi connectivity index (χ3v) is 5.43. The lowest BCUT2D eigenvalue weighted by Gasteiger charge is -2.47. The Bertz CT molecular complexity index is 635. The van der Waals surface area contributed by atoms with Gasteiger partial charge in [-0.05, 0) is 12.0 Å². The first kappa shape index (κ1) is 14.9. The molecule has 1 fully saturated rings. The zero-order chi connectivity index (χ0) is 15.1. The SMILES string of the molecule is CC(C)C1(O)CN(S(=O)(=O)c2cccc([N+](=O)[O-])c2)C1. The van der Waals surface area contributed by atoms with E-state index in [0.717, 1.165) is 10.4 Å². The van der Waals surface area contributed by atoms with Gasteiger partial charge in [-0.1, -0.05) is 19.9 Å². The van der Waals surface area contributed by atoms with Gasteiger partial charge in [0.2, 0.25) is 10.0 Å². The van der Waals surface area contributed by atoms with Crippen LogP contribution < -0.4 is 0 Å². The Kier molecular flexibility index (Phi) is 3.57. The predicted octanol–water partition coefficient (Wildman–Crippen LogP) is 0.986. The molecule has 0 spiro atoms. The Hall–Kier alpha value is -1.51. The molecule has 1 N–H and O–H groups in total. The van der Waals surface area contributed by atoms with E-state index in [0.29, 0.717) is 0 Å². The summed E-state index contributed by atoms with van der Waals surface area (Å²) in [6, 6.07) is 4.91. The Morgan fingerprint density at radius 3 is 2.50 bits per heavy atom. The van der Waals surface area contributed by atoms with Crippen molar-refractivity contribution in [3.63, 3.8) is 0 Å². The number of benzene rings is 1. The first-order chi connectivity index (χ1) is 9.17. The summed E-state index contributed by atoms with van der Waals surface area (Å²) in [5.41, 5.74) is -1.29. The van der Waals surface area contributed by atoms with E-state index in [4.69, 9.17) is 0 Å². The highest BCUT2D eigenvalue weighted by Crippen LogP contribution is 2.33. The Morgan fingerprint density at radius 2 is 2.00 bits per heavy atom. The van der Waals surface area contributed by atoms with Gasteiger partial charge in [-0.15, -0.1) is 0 Å². The molecule has 7 nitrogen and oxygen atoms in total. The quantitative estimate of drug-likeness (QED) is 0.660. The number of nitro groups is 1. The molecule has 1 aromatic rings. The van der Waals surface area contributed by atoms with Crippen LogP contribution in [0.3, 0.4) is 0 Å². The Labute approximate surface area is 117 Å². The molecule has 2 rings (SSSR count). The molecule has 20 heavy (non-hydrogen) atoms. The van der Waals surface area contributed by atoms with Crippen LogP contribution in [-0.2, 0) is 10.0 Å². The van der Waals surface area contributed by atoms with Crippen molar-refractivity contribution in [2.24, 2.45) is 5.92 Å². The second kappa shape index (κ2) is 4.80. The number of hydrogen-bond acceptors (Lipinski definition) is 5. The highest BCUT2D eigenvalue weighted by Gasteiger charge is 2.49. The molecule has 1 aliphatic rings. The van der Waals surface area contributed by atoms with Crippen LogP contribution in [0, 0.1) is 16.0 Å². The summed E-state index contributed by atoms with van der Waals surface area (Å²) in [6.07, 6.45) is 0. The molecule has 1 saturated heterocycles. The number of non-ortho nitro benzene ring substituents is 1. The molecule has 0 saturated carbocycles. The van der Waals surface area contributed by atoms with E-state index in [1.807, 2.05) is 13.8 Å². The maximum absolute atomic E-state index is 12.3. The molecular formula is C12H16N2O5S. The van der Waals surface area contributed by atoms with Gasteiger partial charge in [-0.2, -0.15) is 4.31 Å². The van der Waals surface area contributed by atoms with Gasteiger partial charge < -0.3 is 5.11 Å². The van der Waals surface area contributed by atoms with Gasteiger partial charge in [-0.3, -0.25) is 10.1 Å². The second-order valence-corrected chi connectivity index (χ2v) is 7.22. The molecule has 0 unspecified atom stereocenters. The lowest BCUT2D eigenvalue weighted by Crippen LogP contribution is -2.65. The van der Waals surface area contributed by atoms with E-state index in [9.17, 15) is 23.6 Å². The second-order valence-electron chi connectivity index (χ2n) is 5.29. The smallest absolute Gasteiger partial charge is 0.270 e. The summed E-state index contributed by atoms with van der Waals surface area (Å²) in [5.74, 6) is -0.0564. The van der Waals surface area contributed by atoms with Gasteiger partial charge in [-0.25, -0.2) is 8.42 Å². The van der Waals surface area contributed by atoms with Gasteiger partial charge in [0.1, 0.15) is 0 Å². The Morgan fingerprint density at radius 1 is 1.40 bits per heavy atom. The summed E-state index contributed by atoms with van der Waals surface area (Å²) >= 11 is 0. The highest BCUT2D eigenvalue weighted by atomic mass is 32.2. The maximum atomic E-state index is 12.3. The zero-order valence-corrected chi connectivity index (χ0v) is 12.0. The largest absolute Gasteiger partial charge is 0.387 e. The van der Waals surface area contributed by atoms with Crippen molar-refractivity contribution < 1.29 is 18.4 Å². The summed E-state index contributed by atoms with van der Waals surface area (Å²) in [4.78, 5) is 9.92. The first-order valence-corrected chi connectivity index (χ1v) is 7.58. The number of hydrogen-bond donors (Lipinski definition) is 1. The van der Waals surface area contributed by atoms with E-state index in [-0.39, 0.29) is 29.6 Å². The van der Waals surface area contributed by atoms with Crippen molar-refractivity contribution in [1.29, 1.82) is 0 Å². The van der Waals surface area contributed by atoms with Crippen LogP contribution in [0.5, 0.6) is 0 Å². The fourth-order valence-electron chi connectivity index (χ4n) is 2.01. The maximum Gasteiger partial charge on any atom is 0.270 e. The molecule has 0 amide bonds. The van der Waals surface area contributed by atoms with Crippen LogP contribution in [0.1, 0.15) is 13.8 Å². The topological polar surface area (TPSA) is 101 Å². The summed E-state index contributed by atoms with van der Waals surface area (Å²) in [5, 5.41) is 20.8. The van der Waals surface area contributed by atoms with Crippen molar-refractivity contribution in [3.05, 3.63) is 34.4 Å². The normalized spacial score (nSPS) is 18.8. The van der Waals surface area contributed by atoms with Crippen LogP contribution >= 0.6 is 0 Å². The van der Waals surface area contributed by atoms with Crippen molar-refractivity contribution in [2.45, 2.75) is 24.3 Å². The molecule has 0 aliphatic carbocycles. The molecule has 1 aliphatic heterocycles. The van der Waals surface area contributed by atoms with Gasteiger partial charge >= 0.3 is 0 Å². The predicted molar refractivity (Wildman–Crippen MR) is 71.6 cm³/mol. The van der Waals surface area contributed by atoms with Crippen LogP contribution in [0.25, 0.3) is 0 Å². The number of nitro benzene ring substituents is 1. The van der Waals surface area contributed by atoms with Crippen molar-refractivity contribution in [1.82, 2.24) is 4.31 Å². The van der Waals surface area contributed by atoms with Crippen molar-refractivity contribution in [2.75, 3.05) is 13.1 Å². The summed E-state index contributed by atoms with van der Waals surface area (Å²) < 4.78 is 25.7. The minimum Gasteiger partial charge on any atom is -0.387 e. The average molecular weight is 300 g/mol. The molecule has 0 aromatic heterocycles. The van der Waals surface area contributed by atoms with E-state index < -0.39 is 20.5 Å². The number of sulfonamides is 1. The molecule has 1 heterocycles. The third-order valence-electron chi connectivity index (χ3n) is 3.64. The lowest BCUT2D eigenvalue weighted by molar-refractivity contribution is -0.385. The molecule has 8 heteroatoms. The van der Waals surface area contributed by atoms with E-state index in [1.54, 1.807) is 0 Å². The number of β-amino-alcohol motifs (C(OH)–C–C–N with tert-alkyl or cyclic N) is 1. The van der Waals surface area contributed by atoms with Crippen LogP contribution in [-0.4, -0.2) is 41.4 Å². The molecule has 0 radical (unpaired) electrons. The Balaban J connectivity index is 2.25. The monoisotopic (exact) mass is 300 g/mol. The molecule has 110 valence electrons. The third kappa shape index (κ3) is 2.41. The molecular weight excluding hydrogens is 284 g/mol. The molecule has 1 aromatic carbocycles. The number of nitrogens with zero attached hydrogens (tertiary/aromatic N) is 2. The lowest BCUT2D eigenvalue weighted by atomic mass is 9.85. The van der Waals surface area contributed by atoms with Crippen LogP contribution in [0.2, 0.25) is 0 Å². The van der Waals surface area contributed by atoms with E-state index in [2.05, 4.69) is 0 Å². The minimum atomic E-state index is -3.79. The fourth-order valence-corrected chi connectivity index (χ4v) is 3.61. The van der Waals surface area contributed by atoms with Crippen LogP contribution in [0.15, 0.2) is 29.2 Å². The van der Waals surface area contributed by atoms with E-state index >= 15 is 0 Å². The van der Waals surface area contributed by atoms with Gasteiger partial charge in [0.25, 0.3) is 5.69 Å². The van der Waals surface area contributed by atoms with Crippen LogP contribution in [0.4, 0.5) is 5.69 Å². The first-order valence-electron chi connectivity index (χ1n) is 6.14. The molecule has 0 atom stereocenters. The summed E-state index contributed by atoms with van der Waals surface area (Å²) in [6.45, 7) is 3.65. The van der Waals surface area contributed by atoms with Crippen molar-refractivity contribution in [3.8, 4) is 0 Å². The van der Waals surface area contributed by atoms with Gasteiger partial charge in [0, 0.05) is 25.2 Å². The molecule has 0 bridgehead atoms. The van der Waals surface area contributed by atoms with Gasteiger partial charge in [0.05, 0.1) is 15.4 Å². The standard InChI is InChI=1S/C12H16N2O5S/c1-9(2)12(15)7-13(8-12)20(18,19)11-5-3-4-10(6-11)14(16)17/h3-6,9,15H,7-8H2,1-2H3. The van der Waals surface area contributed by atoms with Crippen molar-refractivity contribution >= 4 is 15.7 Å². The van der Waals surface area contributed by atoms with E-state index in [1.165, 1.54) is 18.2 Å². The average Bonchev–Trinajstić information content (AvgIpc) is 2.34. The number of aliphatic hydroxyl groups is 1. The van der Waals surface area contributed by atoms with Gasteiger partial charge in [0.15, 0.2) is 0 Å². The minimum absolute atomic E-state index is 0.00961. The zero-order valence-electron chi connectivity index (χ0n) is 11.2. The highest BCUT2D eigenvalue weighted by molar-refractivity contribution is 7.89. The summed E-state index contributed by atoms with van der Waals surface area (Å²) in [7, 11) is -3.79. The number of rotatable bonds is 4.